The normalized spacial score (nSPS) is 11.7. The van der Waals surface area contributed by atoms with Gasteiger partial charge in [-0.05, 0) is 48.0 Å². The molecule has 6 nitrogen and oxygen atoms in total. The average molecular weight is 371 g/mol. The van der Waals surface area contributed by atoms with Gasteiger partial charge in [-0.3, -0.25) is 4.79 Å². The minimum Gasteiger partial charge on any atom is -0.454 e. The molecule has 26 heavy (non-hydrogen) atoms. The van der Waals surface area contributed by atoms with Gasteiger partial charge in [0.1, 0.15) is 0 Å². The highest BCUT2D eigenvalue weighted by atomic mass is 32.1. The predicted molar refractivity (Wildman–Crippen MR) is 104 cm³/mol. The molecule has 1 amide bonds. The summed E-state index contributed by atoms with van der Waals surface area (Å²) in [6.07, 6.45) is 0.860. The number of nitrogens with one attached hydrogen (secondary N) is 3. The van der Waals surface area contributed by atoms with Crippen LogP contribution in [0, 0.1) is 0 Å². The molecule has 0 fully saturated rings. The quantitative estimate of drug-likeness (QED) is 0.678. The zero-order valence-electron chi connectivity index (χ0n) is 14.5. The van der Waals surface area contributed by atoms with Gasteiger partial charge >= 0.3 is 0 Å². The van der Waals surface area contributed by atoms with Crippen LogP contribution in [-0.4, -0.2) is 24.4 Å². The number of benzene rings is 2. The third-order valence-electron chi connectivity index (χ3n) is 3.97. The third-order valence-corrected chi connectivity index (χ3v) is 4.26. The fourth-order valence-electron chi connectivity index (χ4n) is 2.60. The first-order valence-corrected chi connectivity index (χ1v) is 8.84. The van der Waals surface area contributed by atoms with Crippen LogP contribution in [-0.2, 0) is 17.8 Å². The maximum absolute atomic E-state index is 12.1. The molecule has 0 aromatic heterocycles. The van der Waals surface area contributed by atoms with Crippen molar-refractivity contribution >= 4 is 28.9 Å². The van der Waals surface area contributed by atoms with Gasteiger partial charge in [0.25, 0.3) is 0 Å². The van der Waals surface area contributed by atoms with Crippen molar-refractivity contribution in [3.05, 3.63) is 53.6 Å². The number of carbonyl (C=O) groups excluding carboxylic acids is 1. The molecule has 3 N–H and O–H groups in total. The van der Waals surface area contributed by atoms with Gasteiger partial charge in [0.15, 0.2) is 16.6 Å². The number of para-hydroxylation sites is 1. The Balaban J connectivity index is 1.43. The zero-order chi connectivity index (χ0) is 18.4. The van der Waals surface area contributed by atoms with Crippen molar-refractivity contribution in [3.63, 3.8) is 0 Å². The molecule has 0 radical (unpaired) electrons. The van der Waals surface area contributed by atoms with E-state index in [-0.39, 0.29) is 19.2 Å². The highest BCUT2D eigenvalue weighted by Gasteiger charge is 2.13. The molecule has 0 atom stereocenters. The Morgan fingerprint density at radius 2 is 1.92 bits per heavy atom. The van der Waals surface area contributed by atoms with Crippen molar-refractivity contribution in [2.24, 2.45) is 0 Å². The molecule has 1 aliphatic heterocycles. The number of carbonyl (C=O) groups is 1. The molecule has 2 aromatic rings. The van der Waals surface area contributed by atoms with Crippen molar-refractivity contribution in [1.29, 1.82) is 0 Å². The molecule has 0 saturated heterocycles. The molecular formula is C19H21N3O3S. The largest absolute Gasteiger partial charge is 0.454 e. The lowest BCUT2D eigenvalue weighted by atomic mass is 10.1. The van der Waals surface area contributed by atoms with Crippen LogP contribution in [0.15, 0.2) is 42.5 Å². The topological polar surface area (TPSA) is 71.6 Å². The molecule has 7 heteroatoms. The number of aryl methyl sites for hydroxylation is 1. The van der Waals surface area contributed by atoms with E-state index in [4.69, 9.17) is 21.7 Å². The maximum Gasteiger partial charge on any atom is 0.243 e. The van der Waals surface area contributed by atoms with E-state index in [1.54, 1.807) is 0 Å². The zero-order valence-corrected chi connectivity index (χ0v) is 15.3. The second-order valence-corrected chi connectivity index (χ2v) is 6.19. The van der Waals surface area contributed by atoms with Gasteiger partial charge in [-0.2, -0.15) is 0 Å². The summed E-state index contributed by atoms with van der Waals surface area (Å²) in [5.41, 5.74) is 2.95. The van der Waals surface area contributed by atoms with Crippen LogP contribution >= 0.6 is 12.2 Å². The molecule has 1 aliphatic rings. The minimum absolute atomic E-state index is 0.102. The van der Waals surface area contributed by atoms with Gasteiger partial charge in [-0.25, -0.2) is 0 Å². The van der Waals surface area contributed by atoms with Crippen LogP contribution in [0.5, 0.6) is 11.5 Å². The number of thiocarbonyl (C=S) groups is 1. The standard InChI is InChI=1S/C19H21N3O3S/c1-2-14-5-3-4-6-15(14)22-18(23)11-21-19(26)20-10-13-7-8-16-17(9-13)25-12-24-16/h3-9H,2,10-12H2,1H3,(H,22,23)(H2,20,21,26). The second kappa shape index (κ2) is 8.53. The summed E-state index contributed by atoms with van der Waals surface area (Å²) >= 11 is 5.23. The van der Waals surface area contributed by atoms with Crippen LogP contribution in [0.3, 0.4) is 0 Å². The first-order valence-electron chi connectivity index (χ1n) is 8.43. The summed E-state index contributed by atoms with van der Waals surface area (Å²) in [4.78, 5) is 12.1. The molecule has 0 saturated carbocycles. The lowest BCUT2D eigenvalue weighted by Gasteiger charge is -2.12. The Hall–Kier alpha value is -2.80. The number of amides is 1. The number of rotatable bonds is 6. The Bertz CT molecular complexity index is 810. The van der Waals surface area contributed by atoms with E-state index >= 15 is 0 Å². The lowest BCUT2D eigenvalue weighted by molar-refractivity contribution is -0.115. The summed E-state index contributed by atoms with van der Waals surface area (Å²) in [5.74, 6) is 1.34. The Kier molecular flexibility index (Phi) is 5.91. The number of ether oxygens (including phenoxy) is 2. The molecule has 2 aromatic carbocycles. The Morgan fingerprint density at radius 3 is 2.77 bits per heavy atom. The van der Waals surface area contributed by atoms with E-state index in [0.29, 0.717) is 11.7 Å². The molecule has 136 valence electrons. The summed E-state index contributed by atoms with van der Waals surface area (Å²) in [7, 11) is 0. The van der Waals surface area contributed by atoms with Crippen LogP contribution in [0.25, 0.3) is 0 Å². The van der Waals surface area contributed by atoms with E-state index < -0.39 is 0 Å². The van der Waals surface area contributed by atoms with Crippen molar-refractivity contribution < 1.29 is 14.3 Å². The highest BCUT2D eigenvalue weighted by Crippen LogP contribution is 2.32. The minimum atomic E-state index is -0.141. The number of hydrogen-bond acceptors (Lipinski definition) is 4. The number of hydrogen-bond donors (Lipinski definition) is 3. The SMILES string of the molecule is CCc1ccccc1NC(=O)CNC(=S)NCc1ccc2c(c1)OCO2. The first-order chi connectivity index (χ1) is 12.7. The van der Waals surface area contributed by atoms with Gasteiger partial charge in [-0.15, -0.1) is 0 Å². The second-order valence-electron chi connectivity index (χ2n) is 5.78. The predicted octanol–water partition coefficient (Wildman–Crippen LogP) is 2.58. The summed E-state index contributed by atoms with van der Waals surface area (Å²) < 4.78 is 10.6. The third kappa shape index (κ3) is 4.64. The molecular weight excluding hydrogens is 350 g/mol. The van der Waals surface area contributed by atoms with Crippen LogP contribution in [0.2, 0.25) is 0 Å². The van der Waals surface area contributed by atoms with Gasteiger partial charge in [0, 0.05) is 12.2 Å². The lowest BCUT2D eigenvalue weighted by Crippen LogP contribution is -2.39. The van der Waals surface area contributed by atoms with E-state index in [1.807, 2.05) is 42.5 Å². The first kappa shape index (κ1) is 18.0. The maximum atomic E-state index is 12.1. The molecule has 0 unspecified atom stereocenters. The van der Waals surface area contributed by atoms with E-state index in [0.717, 1.165) is 34.7 Å². The molecule has 0 bridgehead atoms. The van der Waals surface area contributed by atoms with Crippen LogP contribution in [0.1, 0.15) is 18.1 Å². The fraction of sp³-hybridized carbons (Fsp3) is 0.263. The fourth-order valence-corrected chi connectivity index (χ4v) is 2.75. The van der Waals surface area contributed by atoms with Gasteiger partial charge in [-0.1, -0.05) is 31.2 Å². The van der Waals surface area contributed by atoms with Crippen LogP contribution < -0.4 is 25.4 Å². The highest BCUT2D eigenvalue weighted by molar-refractivity contribution is 7.80. The van der Waals surface area contributed by atoms with E-state index in [9.17, 15) is 4.79 Å². The summed E-state index contributed by atoms with van der Waals surface area (Å²) in [6, 6.07) is 13.5. The number of fused-ring (bicyclic) bond motifs is 1. The average Bonchev–Trinajstić information content (AvgIpc) is 3.13. The monoisotopic (exact) mass is 371 g/mol. The van der Waals surface area contributed by atoms with Crippen molar-refractivity contribution in [1.82, 2.24) is 10.6 Å². The Labute approximate surface area is 157 Å². The molecule has 1 heterocycles. The molecule has 3 rings (SSSR count). The summed E-state index contributed by atoms with van der Waals surface area (Å²) in [6.45, 7) is 2.94. The van der Waals surface area contributed by atoms with Gasteiger partial charge < -0.3 is 25.4 Å². The smallest absolute Gasteiger partial charge is 0.243 e. The van der Waals surface area contributed by atoms with E-state index in [2.05, 4.69) is 22.9 Å². The van der Waals surface area contributed by atoms with Crippen molar-refractivity contribution in [2.75, 3.05) is 18.7 Å². The molecule has 0 spiro atoms. The number of anilines is 1. The Morgan fingerprint density at radius 1 is 1.12 bits per heavy atom. The van der Waals surface area contributed by atoms with Crippen molar-refractivity contribution in [3.8, 4) is 11.5 Å². The van der Waals surface area contributed by atoms with Crippen LogP contribution in [0.4, 0.5) is 5.69 Å². The molecule has 0 aliphatic carbocycles. The van der Waals surface area contributed by atoms with Gasteiger partial charge in [0.05, 0.1) is 6.54 Å². The van der Waals surface area contributed by atoms with Gasteiger partial charge in [0.2, 0.25) is 12.7 Å². The van der Waals surface area contributed by atoms with E-state index in [1.165, 1.54) is 0 Å². The summed E-state index contributed by atoms with van der Waals surface area (Å²) in [5, 5.41) is 9.31. The van der Waals surface area contributed by atoms with Crippen molar-refractivity contribution in [2.45, 2.75) is 19.9 Å².